The topological polar surface area (TPSA) is 20.2 Å². The molecule has 1 aliphatic rings. The van der Waals surface area contributed by atoms with Crippen LogP contribution >= 0.6 is 15.9 Å². The van der Waals surface area contributed by atoms with Gasteiger partial charge < -0.3 is 5.11 Å². The number of hydrogen-bond acceptors (Lipinski definition) is 1. The SMILES string of the molecule is CCCC1CCC(Br)[C@H](O)CC1. The molecule has 0 aromatic carbocycles. The number of alkyl halides is 1. The van der Waals surface area contributed by atoms with Crippen molar-refractivity contribution in [2.45, 2.75) is 56.4 Å². The van der Waals surface area contributed by atoms with Gasteiger partial charge in [-0.2, -0.15) is 0 Å². The number of aliphatic hydroxyl groups is 1. The minimum Gasteiger partial charge on any atom is -0.392 e. The fourth-order valence-electron chi connectivity index (χ4n) is 2.02. The van der Waals surface area contributed by atoms with Crippen LogP contribution < -0.4 is 0 Å². The van der Waals surface area contributed by atoms with Crippen molar-refractivity contribution in [1.29, 1.82) is 0 Å². The van der Waals surface area contributed by atoms with Gasteiger partial charge in [0.05, 0.1) is 6.10 Å². The summed E-state index contributed by atoms with van der Waals surface area (Å²) in [7, 11) is 0. The van der Waals surface area contributed by atoms with E-state index in [1.165, 1.54) is 25.7 Å². The Bertz CT molecular complexity index is 115. The second kappa shape index (κ2) is 5.23. The molecule has 1 fully saturated rings. The van der Waals surface area contributed by atoms with E-state index in [-0.39, 0.29) is 6.10 Å². The molecule has 1 saturated carbocycles. The molecular formula is C10H19BrO. The van der Waals surface area contributed by atoms with Crippen LogP contribution in [-0.4, -0.2) is 16.0 Å². The van der Waals surface area contributed by atoms with Gasteiger partial charge in [0, 0.05) is 4.83 Å². The van der Waals surface area contributed by atoms with Crippen LogP contribution in [0.15, 0.2) is 0 Å². The molecule has 1 aliphatic carbocycles. The zero-order valence-corrected chi connectivity index (χ0v) is 9.39. The first-order valence-corrected chi connectivity index (χ1v) is 5.97. The van der Waals surface area contributed by atoms with Gasteiger partial charge in [-0.3, -0.25) is 0 Å². The Labute approximate surface area is 83.7 Å². The van der Waals surface area contributed by atoms with E-state index in [2.05, 4.69) is 22.9 Å². The largest absolute Gasteiger partial charge is 0.392 e. The Morgan fingerprint density at radius 1 is 1.25 bits per heavy atom. The Kier molecular flexibility index (Phi) is 4.59. The smallest absolute Gasteiger partial charge is 0.0665 e. The lowest BCUT2D eigenvalue weighted by Gasteiger charge is -2.11. The number of rotatable bonds is 2. The molecule has 1 rings (SSSR count). The summed E-state index contributed by atoms with van der Waals surface area (Å²) in [4.78, 5) is 0.347. The molecule has 0 saturated heterocycles. The minimum absolute atomic E-state index is 0.105. The number of halogens is 1. The highest BCUT2D eigenvalue weighted by atomic mass is 79.9. The fraction of sp³-hybridized carbons (Fsp3) is 1.00. The Hall–Kier alpha value is 0.440. The molecule has 0 aliphatic heterocycles. The lowest BCUT2D eigenvalue weighted by atomic mass is 9.95. The van der Waals surface area contributed by atoms with Gasteiger partial charge in [-0.25, -0.2) is 0 Å². The maximum atomic E-state index is 9.60. The van der Waals surface area contributed by atoms with Gasteiger partial charge >= 0.3 is 0 Å². The average molecular weight is 235 g/mol. The van der Waals surface area contributed by atoms with Crippen LogP contribution in [0.5, 0.6) is 0 Å². The molecule has 0 aromatic heterocycles. The van der Waals surface area contributed by atoms with Gasteiger partial charge in [0.2, 0.25) is 0 Å². The first kappa shape index (κ1) is 10.5. The molecule has 0 aromatic rings. The van der Waals surface area contributed by atoms with Crippen molar-refractivity contribution in [1.82, 2.24) is 0 Å². The molecule has 0 spiro atoms. The van der Waals surface area contributed by atoms with E-state index < -0.39 is 0 Å². The van der Waals surface area contributed by atoms with Gasteiger partial charge in [0.15, 0.2) is 0 Å². The first-order valence-electron chi connectivity index (χ1n) is 5.06. The van der Waals surface area contributed by atoms with Gasteiger partial charge in [-0.15, -0.1) is 0 Å². The monoisotopic (exact) mass is 234 g/mol. The van der Waals surface area contributed by atoms with E-state index in [9.17, 15) is 5.11 Å². The number of hydrogen-bond donors (Lipinski definition) is 1. The standard InChI is InChI=1S/C10H19BrO/c1-2-3-8-4-6-9(11)10(12)7-5-8/h8-10,12H,2-7H2,1H3/t8?,9?,10-/m1/s1. The van der Waals surface area contributed by atoms with Crippen molar-refractivity contribution in [3.05, 3.63) is 0 Å². The van der Waals surface area contributed by atoms with Crippen LogP contribution in [0.3, 0.4) is 0 Å². The highest BCUT2D eigenvalue weighted by Crippen LogP contribution is 2.29. The van der Waals surface area contributed by atoms with Crippen molar-refractivity contribution >= 4 is 15.9 Å². The van der Waals surface area contributed by atoms with Crippen molar-refractivity contribution in [2.24, 2.45) is 5.92 Å². The molecule has 2 heteroatoms. The molecule has 0 amide bonds. The Morgan fingerprint density at radius 2 is 1.92 bits per heavy atom. The quantitative estimate of drug-likeness (QED) is 0.576. The molecule has 0 radical (unpaired) electrons. The summed E-state index contributed by atoms with van der Waals surface area (Å²) in [6, 6.07) is 0. The van der Waals surface area contributed by atoms with E-state index in [1.54, 1.807) is 0 Å². The summed E-state index contributed by atoms with van der Waals surface area (Å²) in [5.74, 6) is 0.868. The molecule has 2 unspecified atom stereocenters. The zero-order chi connectivity index (χ0) is 8.97. The predicted octanol–water partition coefficient (Wildman–Crippen LogP) is 3.10. The van der Waals surface area contributed by atoms with Gasteiger partial charge in [0.1, 0.15) is 0 Å². The van der Waals surface area contributed by atoms with E-state index in [1.807, 2.05) is 0 Å². The van der Waals surface area contributed by atoms with E-state index in [0.29, 0.717) is 4.83 Å². The molecule has 1 nitrogen and oxygen atoms in total. The third-order valence-electron chi connectivity index (χ3n) is 2.84. The zero-order valence-electron chi connectivity index (χ0n) is 7.80. The summed E-state index contributed by atoms with van der Waals surface area (Å²) < 4.78 is 0. The maximum Gasteiger partial charge on any atom is 0.0665 e. The molecule has 0 bridgehead atoms. The minimum atomic E-state index is -0.105. The molecule has 0 heterocycles. The van der Waals surface area contributed by atoms with Crippen LogP contribution in [0, 0.1) is 5.92 Å². The van der Waals surface area contributed by atoms with Crippen molar-refractivity contribution in [2.75, 3.05) is 0 Å². The highest BCUT2D eigenvalue weighted by molar-refractivity contribution is 9.09. The molecule has 72 valence electrons. The third kappa shape index (κ3) is 3.06. The van der Waals surface area contributed by atoms with Crippen LogP contribution in [0.25, 0.3) is 0 Å². The van der Waals surface area contributed by atoms with Crippen LogP contribution in [0.1, 0.15) is 45.4 Å². The van der Waals surface area contributed by atoms with Crippen LogP contribution in [-0.2, 0) is 0 Å². The molecule has 1 N–H and O–H groups in total. The normalized spacial score (nSPS) is 37.8. The lowest BCUT2D eigenvalue weighted by molar-refractivity contribution is 0.163. The molecular weight excluding hydrogens is 216 g/mol. The highest BCUT2D eigenvalue weighted by Gasteiger charge is 2.23. The summed E-state index contributed by atoms with van der Waals surface area (Å²) in [5, 5.41) is 9.60. The fourth-order valence-corrected chi connectivity index (χ4v) is 2.54. The average Bonchev–Trinajstić information content (AvgIpc) is 2.20. The van der Waals surface area contributed by atoms with E-state index in [4.69, 9.17) is 0 Å². The van der Waals surface area contributed by atoms with Crippen molar-refractivity contribution in [3.8, 4) is 0 Å². The number of aliphatic hydroxyl groups excluding tert-OH is 1. The van der Waals surface area contributed by atoms with Crippen LogP contribution in [0.2, 0.25) is 0 Å². The first-order chi connectivity index (χ1) is 5.74. The van der Waals surface area contributed by atoms with Crippen molar-refractivity contribution in [3.63, 3.8) is 0 Å². The Morgan fingerprint density at radius 3 is 2.58 bits per heavy atom. The van der Waals surface area contributed by atoms with Gasteiger partial charge in [-0.1, -0.05) is 35.7 Å². The maximum absolute atomic E-state index is 9.60. The van der Waals surface area contributed by atoms with Gasteiger partial charge in [0.25, 0.3) is 0 Å². The lowest BCUT2D eigenvalue weighted by Crippen LogP contribution is -2.17. The predicted molar refractivity (Wildman–Crippen MR) is 55.6 cm³/mol. The van der Waals surface area contributed by atoms with E-state index >= 15 is 0 Å². The molecule has 12 heavy (non-hydrogen) atoms. The summed E-state index contributed by atoms with van der Waals surface area (Å²) in [6.07, 6.45) is 7.16. The third-order valence-corrected chi connectivity index (χ3v) is 3.90. The summed E-state index contributed by atoms with van der Waals surface area (Å²) >= 11 is 3.53. The summed E-state index contributed by atoms with van der Waals surface area (Å²) in [6.45, 7) is 2.24. The second-order valence-electron chi connectivity index (χ2n) is 3.89. The van der Waals surface area contributed by atoms with Gasteiger partial charge in [-0.05, 0) is 31.6 Å². The Balaban J connectivity index is 2.33. The van der Waals surface area contributed by atoms with Crippen LogP contribution in [0.4, 0.5) is 0 Å². The summed E-state index contributed by atoms with van der Waals surface area (Å²) in [5.41, 5.74) is 0. The van der Waals surface area contributed by atoms with Crippen molar-refractivity contribution < 1.29 is 5.11 Å². The van der Waals surface area contributed by atoms with E-state index in [0.717, 1.165) is 18.8 Å². The second-order valence-corrected chi connectivity index (χ2v) is 5.07. The molecule has 3 atom stereocenters.